The molecule has 6 nitrogen and oxygen atoms in total. The Balaban J connectivity index is 1.38. The SMILES string of the molecule is Cc1ccc(NS(=O)(=O)c2ccc(C(=O)N3CCCN(Cc4ccccc4C)CC3)cc2)cc1. The molecule has 1 N–H and O–H groups in total. The number of anilines is 1. The molecule has 0 bridgehead atoms. The van der Waals surface area contributed by atoms with Crippen molar-refractivity contribution in [3.05, 3.63) is 95.1 Å². The molecule has 34 heavy (non-hydrogen) atoms. The van der Waals surface area contributed by atoms with Gasteiger partial charge in [-0.25, -0.2) is 8.42 Å². The van der Waals surface area contributed by atoms with E-state index in [9.17, 15) is 13.2 Å². The minimum Gasteiger partial charge on any atom is -0.337 e. The van der Waals surface area contributed by atoms with Gasteiger partial charge in [-0.05, 0) is 67.8 Å². The third-order valence-electron chi connectivity index (χ3n) is 6.25. The minimum atomic E-state index is -3.72. The zero-order valence-electron chi connectivity index (χ0n) is 19.7. The van der Waals surface area contributed by atoms with Crippen LogP contribution in [0.2, 0.25) is 0 Å². The van der Waals surface area contributed by atoms with Gasteiger partial charge in [-0.1, -0.05) is 42.0 Å². The van der Waals surface area contributed by atoms with Gasteiger partial charge in [0.05, 0.1) is 4.90 Å². The van der Waals surface area contributed by atoms with Crippen LogP contribution in [0.4, 0.5) is 5.69 Å². The van der Waals surface area contributed by atoms with Crippen molar-refractivity contribution in [2.45, 2.75) is 31.7 Å². The molecule has 3 aromatic carbocycles. The number of aryl methyl sites for hydroxylation is 2. The predicted molar refractivity (Wildman–Crippen MR) is 135 cm³/mol. The van der Waals surface area contributed by atoms with Crippen molar-refractivity contribution in [3.8, 4) is 0 Å². The summed E-state index contributed by atoms with van der Waals surface area (Å²) < 4.78 is 28.0. The van der Waals surface area contributed by atoms with Crippen LogP contribution in [0.3, 0.4) is 0 Å². The largest absolute Gasteiger partial charge is 0.337 e. The van der Waals surface area contributed by atoms with Crippen LogP contribution in [-0.2, 0) is 16.6 Å². The molecule has 3 aromatic rings. The van der Waals surface area contributed by atoms with E-state index in [4.69, 9.17) is 0 Å². The molecule has 4 rings (SSSR count). The number of sulfonamides is 1. The van der Waals surface area contributed by atoms with E-state index < -0.39 is 10.0 Å². The highest BCUT2D eigenvalue weighted by Gasteiger charge is 2.22. The molecule has 1 fully saturated rings. The van der Waals surface area contributed by atoms with E-state index in [0.717, 1.165) is 31.6 Å². The molecule has 178 valence electrons. The van der Waals surface area contributed by atoms with Crippen molar-refractivity contribution in [1.82, 2.24) is 9.80 Å². The van der Waals surface area contributed by atoms with E-state index in [1.165, 1.54) is 23.3 Å². The Morgan fingerprint density at radius 3 is 2.26 bits per heavy atom. The molecule has 0 atom stereocenters. The molecule has 1 aliphatic rings. The summed E-state index contributed by atoms with van der Waals surface area (Å²) >= 11 is 0. The summed E-state index contributed by atoms with van der Waals surface area (Å²) in [5, 5.41) is 0. The number of amides is 1. The summed E-state index contributed by atoms with van der Waals surface area (Å²) in [6.07, 6.45) is 0.907. The highest BCUT2D eigenvalue weighted by molar-refractivity contribution is 7.92. The molecular formula is C27H31N3O3S. The fourth-order valence-corrected chi connectivity index (χ4v) is 5.21. The quantitative estimate of drug-likeness (QED) is 0.569. The van der Waals surface area contributed by atoms with E-state index in [2.05, 4.69) is 40.8 Å². The Morgan fingerprint density at radius 2 is 1.56 bits per heavy atom. The van der Waals surface area contributed by atoms with Crippen molar-refractivity contribution >= 4 is 21.6 Å². The van der Waals surface area contributed by atoms with Gasteiger partial charge in [0.15, 0.2) is 0 Å². The van der Waals surface area contributed by atoms with Crippen molar-refractivity contribution in [3.63, 3.8) is 0 Å². The highest BCUT2D eigenvalue weighted by Crippen LogP contribution is 2.19. The molecule has 0 aliphatic carbocycles. The lowest BCUT2D eigenvalue weighted by molar-refractivity contribution is 0.0761. The molecule has 0 unspecified atom stereocenters. The van der Waals surface area contributed by atoms with Gasteiger partial charge < -0.3 is 4.90 Å². The minimum absolute atomic E-state index is 0.0619. The Kier molecular flexibility index (Phi) is 7.34. The summed E-state index contributed by atoms with van der Waals surface area (Å²) in [7, 11) is -3.72. The Labute approximate surface area is 202 Å². The number of hydrogen-bond acceptors (Lipinski definition) is 4. The maximum atomic E-state index is 13.1. The van der Waals surface area contributed by atoms with E-state index in [0.29, 0.717) is 24.3 Å². The number of benzene rings is 3. The first kappa shape index (κ1) is 24.0. The Hall–Kier alpha value is -3.16. The number of nitrogens with zero attached hydrogens (tertiary/aromatic N) is 2. The molecule has 1 amide bonds. The topological polar surface area (TPSA) is 69.7 Å². The summed E-state index contributed by atoms with van der Waals surface area (Å²) in [5.41, 5.74) is 4.66. The molecule has 0 radical (unpaired) electrons. The van der Waals surface area contributed by atoms with Crippen LogP contribution in [-0.4, -0.2) is 50.3 Å². The molecule has 0 spiro atoms. The van der Waals surface area contributed by atoms with Crippen molar-refractivity contribution in [1.29, 1.82) is 0 Å². The third kappa shape index (κ3) is 5.85. The van der Waals surface area contributed by atoms with Crippen LogP contribution in [0.15, 0.2) is 77.7 Å². The van der Waals surface area contributed by atoms with Crippen molar-refractivity contribution < 1.29 is 13.2 Å². The average Bonchev–Trinajstić information content (AvgIpc) is 3.07. The smallest absolute Gasteiger partial charge is 0.261 e. The highest BCUT2D eigenvalue weighted by atomic mass is 32.2. The first-order valence-electron chi connectivity index (χ1n) is 11.6. The van der Waals surface area contributed by atoms with Gasteiger partial charge in [-0.15, -0.1) is 0 Å². The number of hydrogen-bond donors (Lipinski definition) is 1. The predicted octanol–water partition coefficient (Wildman–Crippen LogP) is 4.45. The van der Waals surface area contributed by atoms with Crippen molar-refractivity contribution in [2.75, 3.05) is 30.9 Å². The molecule has 1 heterocycles. The first-order valence-corrected chi connectivity index (χ1v) is 13.1. The molecule has 7 heteroatoms. The fourth-order valence-electron chi connectivity index (χ4n) is 4.16. The van der Waals surface area contributed by atoms with Crippen molar-refractivity contribution in [2.24, 2.45) is 0 Å². The fraction of sp³-hybridized carbons (Fsp3) is 0.296. The van der Waals surface area contributed by atoms with Crippen LogP contribution in [0.25, 0.3) is 0 Å². The standard InChI is InChI=1S/C27H31N3O3S/c1-21-8-12-25(13-9-21)28-34(32,33)26-14-10-23(11-15-26)27(31)30-17-5-16-29(18-19-30)20-24-7-4-3-6-22(24)2/h3-4,6-15,28H,5,16-20H2,1-2H3. The monoisotopic (exact) mass is 477 g/mol. The van der Waals surface area contributed by atoms with Crippen LogP contribution in [0.5, 0.6) is 0 Å². The lowest BCUT2D eigenvalue weighted by atomic mass is 10.1. The molecular weight excluding hydrogens is 446 g/mol. The van der Waals surface area contributed by atoms with Gasteiger partial charge in [0.1, 0.15) is 0 Å². The second kappa shape index (κ2) is 10.4. The first-order chi connectivity index (χ1) is 16.3. The van der Waals surface area contributed by atoms with Gasteiger partial charge in [0, 0.05) is 44.0 Å². The van der Waals surface area contributed by atoms with Crippen LogP contribution >= 0.6 is 0 Å². The van der Waals surface area contributed by atoms with Crippen LogP contribution in [0.1, 0.15) is 33.5 Å². The van der Waals surface area contributed by atoms with Crippen LogP contribution < -0.4 is 4.72 Å². The summed E-state index contributed by atoms with van der Waals surface area (Å²) in [6, 6.07) is 21.7. The molecule has 1 aliphatic heterocycles. The van der Waals surface area contributed by atoms with E-state index >= 15 is 0 Å². The van der Waals surface area contributed by atoms with Gasteiger partial charge in [-0.2, -0.15) is 0 Å². The second-order valence-electron chi connectivity index (χ2n) is 8.84. The van der Waals surface area contributed by atoms with E-state index in [1.807, 2.05) is 24.0 Å². The summed E-state index contributed by atoms with van der Waals surface area (Å²) in [6.45, 7) is 8.06. The molecule has 0 aromatic heterocycles. The second-order valence-corrected chi connectivity index (χ2v) is 10.5. The zero-order valence-corrected chi connectivity index (χ0v) is 20.5. The number of carbonyl (C=O) groups excluding carboxylic acids is 1. The maximum Gasteiger partial charge on any atom is 0.261 e. The van der Waals surface area contributed by atoms with E-state index in [1.54, 1.807) is 24.3 Å². The normalized spacial score (nSPS) is 15.1. The summed E-state index contributed by atoms with van der Waals surface area (Å²) in [4.78, 5) is 17.5. The lowest BCUT2D eigenvalue weighted by Gasteiger charge is -2.22. The molecule has 0 saturated carbocycles. The number of nitrogens with one attached hydrogen (secondary N) is 1. The Bertz CT molecular complexity index is 1240. The maximum absolute atomic E-state index is 13.1. The van der Waals surface area contributed by atoms with Gasteiger partial charge in [0.25, 0.3) is 15.9 Å². The zero-order chi connectivity index (χ0) is 24.1. The van der Waals surface area contributed by atoms with Crippen LogP contribution in [0, 0.1) is 13.8 Å². The Morgan fingerprint density at radius 1 is 0.853 bits per heavy atom. The van der Waals surface area contributed by atoms with Gasteiger partial charge in [0.2, 0.25) is 0 Å². The third-order valence-corrected chi connectivity index (χ3v) is 7.64. The number of rotatable bonds is 6. The van der Waals surface area contributed by atoms with Gasteiger partial charge in [-0.3, -0.25) is 14.4 Å². The molecule has 1 saturated heterocycles. The van der Waals surface area contributed by atoms with Gasteiger partial charge >= 0.3 is 0 Å². The number of carbonyl (C=O) groups is 1. The summed E-state index contributed by atoms with van der Waals surface area (Å²) in [5.74, 6) is -0.0619. The average molecular weight is 478 g/mol. The lowest BCUT2D eigenvalue weighted by Crippen LogP contribution is -2.35. The van der Waals surface area contributed by atoms with E-state index in [-0.39, 0.29) is 10.8 Å².